The number of nitriles is 1. The molecule has 0 atom stereocenters. The van der Waals surface area contributed by atoms with Crippen LogP contribution >= 0.6 is 0 Å². The lowest BCUT2D eigenvalue weighted by molar-refractivity contribution is 0.130. The van der Waals surface area contributed by atoms with E-state index in [1.165, 1.54) is 6.42 Å². The number of carbonyl (C=O) groups excluding carboxylic acids is 1. The summed E-state index contributed by atoms with van der Waals surface area (Å²) in [7, 11) is 0. The van der Waals surface area contributed by atoms with Crippen LogP contribution in [0.5, 0.6) is 5.75 Å². The van der Waals surface area contributed by atoms with Gasteiger partial charge in [-0.05, 0) is 62.9 Å². The van der Waals surface area contributed by atoms with Gasteiger partial charge in [-0.1, -0.05) is 12.1 Å². The molecule has 36 heavy (non-hydrogen) atoms. The number of aromatic nitrogens is 3. The summed E-state index contributed by atoms with van der Waals surface area (Å²) in [6.45, 7) is 4.85. The first kappa shape index (κ1) is 23.5. The SMILES string of the molecule is CC(C)OC(=O)Nc1ccc(-c2c(C#N)c3ccc(OCCn4ccnc4)cc3n2C2CCC2)cc1. The van der Waals surface area contributed by atoms with Gasteiger partial charge in [-0.3, -0.25) is 5.32 Å². The Morgan fingerprint density at radius 1 is 1.22 bits per heavy atom. The highest BCUT2D eigenvalue weighted by molar-refractivity contribution is 5.96. The molecule has 1 N–H and O–H groups in total. The molecule has 184 valence electrons. The molecular weight excluding hydrogens is 454 g/mol. The molecule has 5 rings (SSSR count). The predicted octanol–water partition coefficient (Wildman–Crippen LogP) is 6.14. The first-order chi connectivity index (χ1) is 17.5. The molecule has 1 saturated carbocycles. The quantitative estimate of drug-likeness (QED) is 0.325. The van der Waals surface area contributed by atoms with Gasteiger partial charge in [0.2, 0.25) is 0 Å². The largest absolute Gasteiger partial charge is 0.492 e. The number of anilines is 1. The maximum Gasteiger partial charge on any atom is 0.411 e. The topological polar surface area (TPSA) is 94.1 Å². The molecule has 1 amide bonds. The lowest BCUT2D eigenvalue weighted by atomic mass is 9.92. The second kappa shape index (κ2) is 10.2. The summed E-state index contributed by atoms with van der Waals surface area (Å²) < 4.78 is 15.5. The molecule has 1 aliphatic carbocycles. The van der Waals surface area contributed by atoms with Crippen molar-refractivity contribution in [3.05, 3.63) is 66.7 Å². The van der Waals surface area contributed by atoms with Crippen molar-refractivity contribution in [1.82, 2.24) is 14.1 Å². The van der Waals surface area contributed by atoms with Gasteiger partial charge in [0.25, 0.3) is 0 Å². The number of hydrogen-bond donors (Lipinski definition) is 1. The van der Waals surface area contributed by atoms with Crippen molar-refractivity contribution in [2.45, 2.75) is 51.8 Å². The minimum absolute atomic E-state index is 0.194. The molecule has 2 heterocycles. The average Bonchev–Trinajstić information content (AvgIpc) is 3.44. The van der Waals surface area contributed by atoms with E-state index in [1.54, 1.807) is 12.5 Å². The molecular formula is C28H29N5O3. The molecule has 0 radical (unpaired) electrons. The van der Waals surface area contributed by atoms with Crippen LogP contribution < -0.4 is 10.1 Å². The Bertz CT molecular complexity index is 1390. The van der Waals surface area contributed by atoms with Crippen molar-refractivity contribution in [3.8, 4) is 23.1 Å². The highest BCUT2D eigenvalue weighted by Crippen LogP contribution is 2.43. The van der Waals surface area contributed by atoms with Gasteiger partial charge in [0.15, 0.2) is 0 Å². The number of amides is 1. The first-order valence-electron chi connectivity index (χ1n) is 12.3. The van der Waals surface area contributed by atoms with Crippen molar-refractivity contribution >= 4 is 22.7 Å². The number of fused-ring (bicyclic) bond motifs is 1. The van der Waals surface area contributed by atoms with E-state index in [0.29, 0.717) is 30.4 Å². The molecule has 4 aromatic rings. The van der Waals surface area contributed by atoms with Crippen LogP contribution in [0.1, 0.15) is 44.7 Å². The van der Waals surface area contributed by atoms with Crippen LogP contribution in [0.25, 0.3) is 22.2 Å². The second-order valence-electron chi connectivity index (χ2n) is 9.27. The Hall–Kier alpha value is -4.25. The van der Waals surface area contributed by atoms with Crippen molar-refractivity contribution in [3.63, 3.8) is 0 Å². The fraction of sp³-hybridized carbons (Fsp3) is 0.321. The summed E-state index contributed by atoms with van der Waals surface area (Å²) in [5.74, 6) is 0.778. The number of imidazole rings is 1. The van der Waals surface area contributed by atoms with Crippen LogP contribution in [0.15, 0.2) is 61.2 Å². The van der Waals surface area contributed by atoms with Crippen LogP contribution in [0, 0.1) is 11.3 Å². The fourth-order valence-corrected chi connectivity index (χ4v) is 4.56. The number of ether oxygens (including phenoxy) is 2. The zero-order chi connectivity index (χ0) is 25.1. The minimum Gasteiger partial charge on any atom is -0.492 e. The zero-order valence-electron chi connectivity index (χ0n) is 20.5. The summed E-state index contributed by atoms with van der Waals surface area (Å²) >= 11 is 0. The van der Waals surface area contributed by atoms with Crippen LogP contribution in [-0.2, 0) is 11.3 Å². The Labute approximate surface area is 210 Å². The van der Waals surface area contributed by atoms with E-state index >= 15 is 0 Å². The smallest absolute Gasteiger partial charge is 0.411 e. The number of nitrogens with one attached hydrogen (secondary N) is 1. The van der Waals surface area contributed by atoms with Crippen molar-refractivity contribution in [2.75, 3.05) is 11.9 Å². The molecule has 8 nitrogen and oxygen atoms in total. The average molecular weight is 484 g/mol. The van der Waals surface area contributed by atoms with E-state index in [0.717, 1.165) is 40.8 Å². The molecule has 0 spiro atoms. The number of carbonyl (C=O) groups is 1. The van der Waals surface area contributed by atoms with Crippen molar-refractivity contribution in [1.29, 1.82) is 5.26 Å². The van der Waals surface area contributed by atoms with Gasteiger partial charge in [-0.25, -0.2) is 9.78 Å². The van der Waals surface area contributed by atoms with Gasteiger partial charge in [0, 0.05) is 35.6 Å². The molecule has 0 saturated heterocycles. The summed E-state index contributed by atoms with van der Waals surface area (Å²) in [4.78, 5) is 16.0. The summed E-state index contributed by atoms with van der Waals surface area (Å²) in [5.41, 5.74) is 4.14. The first-order valence-corrected chi connectivity index (χ1v) is 12.3. The summed E-state index contributed by atoms with van der Waals surface area (Å²) in [6.07, 6.45) is 8.08. The van der Waals surface area contributed by atoms with Crippen LogP contribution in [0.4, 0.5) is 10.5 Å². The Balaban J connectivity index is 1.47. The normalized spacial score (nSPS) is 13.4. The Morgan fingerprint density at radius 3 is 2.67 bits per heavy atom. The highest BCUT2D eigenvalue weighted by atomic mass is 16.6. The number of benzene rings is 2. The van der Waals surface area contributed by atoms with Crippen LogP contribution in [0.2, 0.25) is 0 Å². The van der Waals surface area contributed by atoms with Gasteiger partial charge in [0.05, 0.1) is 35.8 Å². The van der Waals surface area contributed by atoms with Crippen LogP contribution in [-0.4, -0.2) is 32.9 Å². The van der Waals surface area contributed by atoms with E-state index in [2.05, 4.69) is 20.9 Å². The molecule has 1 fully saturated rings. The molecule has 0 unspecified atom stereocenters. The molecule has 0 aliphatic heterocycles. The summed E-state index contributed by atoms with van der Waals surface area (Å²) in [5, 5.41) is 13.8. The third kappa shape index (κ3) is 4.78. The molecule has 0 bridgehead atoms. The van der Waals surface area contributed by atoms with Crippen molar-refractivity contribution in [2.24, 2.45) is 0 Å². The standard InChI is InChI=1S/C28H29N5O3/c1-19(2)36-28(34)31-21-8-6-20(7-9-21)27-25(17-29)24-11-10-23(35-15-14-32-13-12-30-18-32)16-26(24)33(27)22-4-3-5-22/h6-13,16,18-19,22H,3-5,14-15H2,1-2H3,(H,31,34). The summed E-state index contributed by atoms with van der Waals surface area (Å²) in [6, 6.07) is 16.3. The molecule has 2 aromatic carbocycles. The van der Waals surface area contributed by atoms with E-state index in [4.69, 9.17) is 9.47 Å². The molecule has 1 aliphatic rings. The van der Waals surface area contributed by atoms with Gasteiger partial charge < -0.3 is 18.6 Å². The van der Waals surface area contributed by atoms with E-state index in [-0.39, 0.29) is 6.10 Å². The third-order valence-electron chi connectivity index (χ3n) is 6.45. The zero-order valence-corrected chi connectivity index (χ0v) is 20.5. The van der Waals surface area contributed by atoms with Crippen molar-refractivity contribution < 1.29 is 14.3 Å². The second-order valence-corrected chi connectivity index (χ2v) is 9.27. The Morgan fingerprint density at radius 2 is 2.03 bits per heavy atom. The maximum atomic E-state index is 12.0. The third-order valence-corrected chi connectivity index (χ3v) is 6.45. The molecule has 8 heteroatoms. The number of nitrogens with zero attached hydrogens (tertiary/aromatic N) is 4. The van der Waals surface area contributed by atoms with E-state index < -0.39 is 6.09 Å². The minimum atomic E-state index is -0.486. The lowest BCUT2D eigenvalue weighted by Gasteiger charge is -2.30. The number of hydrogen-bond acceptors (Lipinski definition) is 5. The van der Waals surface area contributed by atoms with Gasteiger partial charge in [0.1, 0.15) is 18.4 Å². The monoisotopic (exact) mass is 483 g/mol. The number of rotatable bonds is 8. The highest BCUT2D eigenvalue weighted by Gasteiger charge is 2.28. The van der Waals surface area contributed by atoms with Gasteiger partial charge in [-0.15, -0.1) is 0 Å². The fourth-order valence-electron chi connectivity index (χ4n) is 4.56. The predicted molar refractivity (Wildman–Crippen MR) is 138 cm³/mol. The van der Waals surface area contributed by atoms with E-state index in [9.17, 15) is 10.1 Å². The molecule has 2 aromatic heterocycles. The van der Waals surface area contributed by atoms with Gasteiger partial charge >= 0.3 is 6.09 Å². The maximum absolute atomic E-state index is 12.0. The van der Waals surface area contributed by atoms with E-state index in [1.807, 2.05) is 67.1 Å². The Kier molecular flexibility index (Phi) is 6.63. The van der Waals surface area contributed by atoms with Gasteiger partial charge in [-0.2, -0.15) is 5.26 Å². The van der Waals surface area contributed by atoms with Crippen LogP contribution in [0.3, 0.4) is 0 Å². The lowest BCUT2D eigenvalue weighted by Crippen LogP contribution is -2.18.